The molecule has 25 heavy (non-hydrogen) atoms. The average molecular weight is 339 g/mol. The fraction of sp³-hybridized carbons (Fsp3) is 0.421. The molecule has 132 valence electrons. The third-order valence-electron chi connectivity index (χ3n) is 4.10. The highest BCUT2D eigenvalue weighted by Gasteiger charge is 2.14. The maximum atomic E-state index is 12.5. The molecule has 1 aliphatic rings. The fourth-order valence-electron chi connectivity index (χ4n) is 2.98. The fourth-order valence-corrected chi connectivity index (χ4v) is 2.98. The Hall–Kier alpha value is -2.63. The number of nitrogens with zero attached hydrogens (tertiary/aromatic N) is 3. The van der Waals surface area contributed by atoms with Crippen molar-refractivity contribution in [3.05, 3.63) is 41.9 Å². The summed E-state index contributed by atoms with van der Waals surface area (Å²) in [6.45, 7) is 8.06. The molecule has 1 saturated heterocycles. The SMILES string of the molecule is Cc1nc(NC(C)C)cc(C(=O)Nc2ccc(N3CCCC3)cc2)n1. The Labute approximate surface area is 148 Å². The number of hydrogen-bond acceptors (Lipinski definition) is 5. The monoisotopic (exact) mass is 339 g/mol. The molecule has 1 aromatic heterocycles. The zero-order valence-corrected chi connectivity index (χ0v) is 15.0. The third-order valence-corrected chi connectivity index (χ3v) is 4.10. The summed E-state index contributed by atoms with van der Waals surface area (Å²) in [6, 6.07) is 9.90. The van der Waals surface area contributed by atoms with Gasteiger partial charge in [-0.1, -0.05) is 0 Å². The molecule has 2 aromatic rings. The summed E-state index contributed by atoms with van der Waals surface area (Å²) in [6.07, 6.45) is 2.50. The predicted octanol–water partition coefficient (Wildman–Crippen LogP) is 3.46. The molecule has 1 aliphatic heterocycles. The molecule has 0 bridgehead atoms. The van der Waals surface area contributed by atoms with E-state index in [1.807, 2.05) is 26.0 Å². The summed E-state index contributed by atoms with van der Waals surface area (Å²) in [5.41, 5.74) is 2.33. The Morgan fingerprint density at radius 1 is 1.12 bits per heavy atom. The van der Waals surface area contributed by atoms with Gasteiger partial charge in [-0.3, -0.25) is 4.79 Å². The number of aryl methyl sites for hydroxylation is 1. The number of carbonyl (C=O) groups excluding carboxylic acids is 1. The molecule has 3 rings (SSSR count). The first kappa shape index (κ1) is 17.2. The first-order valence-electron chi connectivity index (χ1n) is 8.80. The van der Waals surface area contributed by atoms with Gasteiger partial charge in [-0.25, -0.2) is 9.97 Å². The Kier molecular flexibility index (Phi) is 5.16. The van der Waals surface area contributed by atoms with Gasteiger partial charge in [-0.05, 0) is 57.9 Å². The van der Waals surface area contributed by atoms with Crippen LogP contribution >= 0.6 is 0 Å². The molecule has 0 spiro atoms. The molecule has 0 aliphatic carbocycles. The van der Waals surface area contributed by atoms with E-state index in [0.29, 0.717) is 17.3 Å². The van der Waals surface area contributed by atoms with Crippen LogP contribution in [0, 0.1) is 6.92 Å². The molecule has 1 aromatic carbocycles. The van der Waals surface area contributed by atoms with E-state index in [1.54, 1.807) is 13.0 Å². The number of hydrogen-bond donors (Lipinski definition) is 2. The minimum Gasteiger partial charge on any atom is -0.372 e. The van der Waals surface area contributed by atoms with Gasteiger partial charge in [0.05, 0.1) is 0 Å². The highest BCUT2D eigenvalue weighted by molar-refractivity contribution is 6.03. The van der Waals surface area contributed by atoms with E-state index in [4.69, 9.17) is 0 Å². The number of rotatable bonds is 5. The Bertz CT molecular complexity index is 736. The van der Waals surface area contributed by atoms with Crippen LogP contribution in [-0.2, 0) is 0 Å². The standard InChI is InChI=1S/C19H25N5O/c1-13(2)20-18-12-17(21-14(3)22-18)19(25)23-15-6-8-16(9-7-15)24-10-4-5-11-24/h6-9,12-13H,4-5,10-11H2,1-3H3,(H,23,25)(H,20,21,22). The number of benzene rings is 1. The summed E-state index contributed by atoms with van der Waals surface area (Å²) in [4.78, 5) is 23.4. The largest absolute Gasteiger partial charge is 0.372 e. The van der Waals surface area contributed by atoms with E-state index in [0.717, 1.165) is 18.8 Å². The van der Waals surface area contributed by atoms with Crippen LogP contribution in [0.3, 0.4) is 0 Å². The molecule has 1 amide bonds. The van der Waals surface area contributed by atoms with Crippen LogP contribution in [0.1, 0.15) is 43.0 Å². The van der Waals surface area contributed by atoms with Gasteiger partial charge >= 0.3 is 0 Å². The number of anilines is 3. The van der Waals surface area contributed by atoms with Crippen LogP contribution in [-0.4, -0.2) is 35.0 Å². The average Bonchev–Trinajstić information content (AvgIpc) is 3.09. The van der Waals surface area contributed by atoms with Gasteiger partial charge in [-0.2, -0.15) is 0 Å². The maximum Gasteiger partial charge on any atom is 0.274 e. The molecular formula is C19H25N5O. The zero-order valence-electron chi connectivity index (χ0n) is 15.0. The zero-order chi connectivity index (χ0) is 17.8. The Balaban J connectivity index is 1.70. The molecule has 2 N–H and O–H groups in total. The van der Waals surface area contributed by atoms with Crippen LogP contribution in [0.5, 0.6) is 0 Å². The van der Waals surface area contributed by atoms with Crippen molar-refractivity contribution < 1.29 is 4.79 Å². The van der Waals surface area contributed by atoms with Crippen LogP contribution in [0.15, 0.2) is 30.3 Å². The third kappa shape index (κ3) is 4.47. The van der Waals surface area contributed by atoms with Crippen LogP contribution in [0.25, 0.3) is 0 Å². The van der Waals surface area contributed by atoms with Gasteiger partial charge in [0.1, 0.15) is 17.3 Å². The lowest BCUT2D eigenvalue weighted by molar-refractivity contribution is 0.102. The van der Waals surface area contributed by atoms with E-state index in [-0.39, 0.29) is 11.9 Å². The van der Waals surface area contributed by atoms with Gasteiger partial charge in [0.15, 0.2) is 0 Å². The van der Waals surface area contributed by atoms with Crippen LogP contribution in [0.4, 0.5) is 17.2 Å². The summed E-state index contributed by atoms with van der Waals surface area (Å²) in [7, 11) is 0. The second kappa shape index (κ2) is 7.51. The second-order valence-electron chi connectivity index (χ2n) is 6.68. The highest BCUT2D eigenvalue weighted by Crippen LogP contribution is 2.22. The van der Waals surface area contributed by atoms with Gasteiger partial charge in [-0.15, -0.1) is 0 Å². The highest BCUT2D eigenvalue weighted by atomic mass is 16.1. The first-order chi connectivity index (χ1) is 12.0. The van der Waals surface area contributed by atoms with Crippen LogP contribution in [0.2, 0.25) is 0 Å². The minimum atomic E-state index is -0.230. The van der Waals surface area contributed by atoms with E-state index >= 15 is 0 Å². The number of carbonyl (C=O) groups is 1. The minimum absolute atomic E-state index is 0.230. The van der Waals surface area contributed by atoms with E-state index < -0.39 is 0 Å². The maximum absolute atomic E-state index is 12.5. The summed E-state index contributed by atoms with van der Waals surface area (Å²) >= 11 is 0. The van der Waals surface area contributed by atoms with E-state index in [2.05, 4.69) is 37.6 Å². The molecule has 0 unspecified atom stereocenters. The van der Waals surface area contributed by atoms with Gasteiger partial charge < -0.3 is 15.5 Å². The molecule has 6 heteroatoms. The summed E-state index contributed by atoms with van der Waals surface area (Å²) < 4.78 is 0. The molecule has 6 nitrogen and oxygen atoms in total. The molecule has 0 radical (unpaired) electrons. The summed E-state index contributed by atoms with van der Waals surface area (Å²) in [5.74, 6) is 1.00. The van der Waals surface area contributed by atoms with Crippen molar-refractivity contribution in [1.82, 2.24) is 9.97 Å². The van der Waals surface area contributed by atoms with Gasteiger partial charge in [0.2, 0.25) is 0 Å². The van der Waals surface area contributed by atoms with Crippen molar-refractivity contribution in [1.29, 1.82) is 0 Å². The predicted molar refractivity (Wildman–Crippen MR) is 101 cm³/mol. The second-order valence-corrected chi connectivity index (χ2v) is 6.68. The van der Waals surface area contributed by atoms with Crippen molar-refractivity contribution in [3.8, 4) is 0 Å². The van der Waals surface area contributed by atoms with Crippen molar-refractivity contribution in [3.63, 3.8) is 0 Å². The smallest absolute Gasteiger partial charge is 0.274 e. The van der Waals surface area contributed by atoms with E-state index in [1.165, 1.54) is 18.5 Å². The summed E-state index contributed by atoms with van der Waals surface area (Å²) in [5, 5.41) is 6.12. The number of amides is 1. The quantitative estimate of drug-likeness (QED) is 0.873. The van der Waals surface area contributed by atoms with Crippen molar-refractivity contribution in [2.24, 2.45) is 0 Å². The number of aromatic nitrogens is 2. The van der Waals surface area contributed by atoms with E-state index in [9.17, 15) is 4.79 Å². The van der Waals surface area contributed by atoms with Gasteiger partial charge in [0.25, 0.3) is 5.91 Å². The van der Waals surface area contributed by atoms with Gasteiger partial charge in [0, 0.05) is 36.6 Å². The lowest BCUT2D eigenvalue weighted by atomic mass is 10.2. The number of nitrogens with one attached hydrogen (secondary N) is 2. The van der Waals surface area contributed by atoms with Crippen molar-refractivity contribution in [2.75, 3.05) is 28.6 Å². The lowest BCUT2D eigenvalue weighted by Gasteiger charge is -2.17. The Morgan fingerprint density at radius 3 is 2.44 bits per heavy atom. The molecule has 0 saturated carbocycles. The lowest BCUT2D eigenvalue weighted by Crippen LogP contribution is -2.18. The first-order valence-corrected chi connectivity index (χ1v) is 8.80. The molecule has 0 atom stereocenters. The van der Waals surface area contributed by atoms with Crippen molar-refractivity contribution in [2.45, 2.75) is 39.7 Å². The Morgan fingerprint density at radius 2 is 1.80 bits per heavy atom. The van der Waals surface area contributed by atoms with Crippen molar-refractivity contribution >= 4 is 23.1 Å². The normalized spacial score (nSPS) is 14.0. The molecule has 1 fully saturated rings. The molecular weight excluding hydrogens is 314 g/mol. The van der Waals surface area contributed by atoms with Crippen LogP contribution < -0.4 is 15.5 Å². The molecule has 2 heterocycles. The topological polar surface area (TPSA) is 70.2 Å².